The van der Waals surface area contributed by atoms with Crippen molar-refractivity contribution in [3.05, 3.63) is 53.1 Å². The van der Waals surface area contributed by atoms with Gasteiger partial charge in [0.25, 0.3) is 5.91 Å². The zero-order valence-corrected chi connectivity index (χ0v) is 16.2. The summed E-state index contributed by atoms with van der Waals surface area (Å²) in [7, 11) is 0. The number of carbonyl (C=O) groups is 2. The standard InChI is InChI=1S/C21H25NO5/c1-12(2)27-18-10-13(20(25)26)6-8-16(18)22-19(24)15-11-14(21(3,4)5)7-9-17(15)23/h6-12,23H,1-5H3,(H,22,24)(H,25,26). The minimum absolute atomic E-state index is 0.0567. The van der Waals surface area contributed by atoms with E-state index in [1.54, 1.807) is 26.0 Å². The van der Waals surface area contributed by atoms with Crippen molar-refractivity contribution >= 4 is 17.6 Å². The molecule has 1 amide bonds. The molecule has 0 bridgehead atoms. The number of aromatic hydroxyl groups is 1. The van der Waals surface area contributed by atoms with Gasteiger partial charge in [-0.15, -0.1) is 0 Å². The topological polar surface area (TPSA) is 95.9 Å². The number of anilines is 1. The Hall–Kier alpha value is -3.02. The van der Waals surface area contributed by atoms with Crippen LogP contribution in [0.15, 0.2) is 36.4 Å². The van der Waals surface area contributed by atoms with Gasteiger partial charge in [0.15, 0.2) is 0 Å². The Balaban J connectivity index is 2.39. The van der Waals surface area contributed by atoms with E-state index in [-0.39, 0.29) is 34.1 Å². The quantitative estimate of drug-likeness (QED) is 0.723. The highest BCUT2D eigenvalue weighted by Gasteiger charge is 2.20. The molecule has 0 aliphatic heterocycles. The lowest BCUT2D eigenvalue weighted by Gasteiger charge is -2.20. The first-order valence-corrected chi connectivity index (χ1v) is 8.68. The average molecular weight is 371 g/mol. The zero-order chi connectivity index (χ0) is 20.4. The maximum Gasteiger partial charge on any atom is 0.335 e. The summed E-state index contributed by atoms with van der Waals surface area (Å²) < 4.78 is 5.64. The number of nitrogens with one attached hydrogen (secondary N) is 1. The maximum atomic E-state index is 12.7. The van der Waals surface area contributed by atoms with Crippen LogP contribution in [0, 0.1) is 0 Å². The van der Waals surface area contributed by atoms with Gasteiger partial charge in [0, 0.05) is 0 Å². The molecule has 0 spiro atoms. The van der Waals surface area contributed by atoms with Crippen molar-refractivity contribution in [2.75, 3.05) is 5.32 Å². The van der Waals surface area contributed by atoms with Crippen molar-refractivity contribution in [3.63, 3.8) is 0 Å². The van der Waals surface area contributed by atoms with Gasteiger partial charge < -0.3 is 20.3 Å². The minimum atomic E-state index is -1.09. The zero-order valence-electron chi connectivity index (χ0n) is 16.2. The lowest BCUT2D eigenvalue weighted by Crippen LogP contribution is -2.17. The second kappa shape index (κ2) is 7.70. The van der Waals surface area contributed by atoms with Gasteiger partial charge in [0.2, 0.25) is 0 Å². The number of aromatic carboxylic acids is 1. The van der Waals surface area contributed by atoms with Crippen molar-refractivity contribution in [3.8, 4) is 11.5 Å². The van der Waals surface area contributed by atoms with Crippen LogP contribution in [-0.4, -0.2) is 28.2 Å². The van der Waals surface area contributed by atoms with Gasteiger partial charge in [-0.25, -0.2) is 4.79 Å². The van der Waals surface area contributed by atoms with Crippen molar-refractivity contribution in [2.45, 2.75) is 46.1 Å². The first-order chi connectivity index (χ1) is 12.5. The Morgan fingerprint density at radius 1 is 1.07 bits per heavy atom. The normalized spacial score (nSPS) is 11.3. The smallest absolute Gasteiger partial charge is 0.335 e. The van der Waals surface area contributed by atoms with Crippen LogP contribution in [-0.2, 0) is 5.41 Å². The molecule has 27 heavy (non-hydrogen) atoms. The molecule has 0 aliphatic carbocycles. The van der Waals surface area contributed by atoms with Crippen molar-refractivity contribution < 1.29 is 24.5 Å². The van der Waals surface area contributed by atoms with Gasteiger partial charge in [-0.3, -0.25) is 4.79 Å². The van der Waals surface area contributed by atoms with E-state index in [1.165, 1.54) is 24.3 Å². The fraction of sp³-hybridized carbons (Fsp3) is 0.333. The number of phenolic OH excluding ortho intramolecular Hbond substituents is 1. The molecular formula is C21H25NO5. The Kier molecular flexibility index (Phi) is 5.78. The fourth-order valence-electron chi connectivity index (χ4n) is 2.48. The third-order valence-corrected chi connectivity index (χ3v) is 3.95. The molecule has 0 aliphatic rings. The predicted octanol–water partition coefficient (Wildman–Crippen LogP) is 4.43. The summed E-state index contributed by atoms with van der Waals surface area (Å²) >= 11 is 0. The van der Waals surface area contributed by atoms with Gasteiger partial charge in [0.1, 0.15) is 11.5 Å². The molecule has 0 unspecified atom stereocenters. The predicted molar refractivity (Wildman–Crippen MR) is 104 cm³/mol. The molecule has 0 fully saturated rings. The number of rotatable bonds is 5. The SMILES string of the molecule is CC(C)Oc1cc(C(=O)O)ccc1NC(=O)c1cc(C(C)(C)C)ccc1O. The highest BCUT2D eigenvalue weighted by atomic mass is 16.5. The number of carbonyl (C=O) groups excluding carboxylic acids is 1. The number of hydrogen-bond donors (Lipinski definition) is 3. The summed E-state index contributed by atoms with van der Waals surface area (Å²) in [6.07, 6.45) is -0.206. The van der Waals surface area contributed by atoms with Gasteiger partial charge in [-0.05, 0) is 55.2 Å². The van der Waals surface area contributed by atoms with Crippen LogP contribution in [0.5, 0.6) is 11.5 Å². The second-order valence-electron chi connectivity index (χ2n) is 7.62. The van der Waals surface area contributed by atoms with Crippen LogP contribution in [0.2, 0.25) is 0 Å². The van der Waals surface area contributed by atoms with Crippen molar-refractivity contribution in [1.29, 1.82) is 0 Å². The second-order valence-corrected chi connectivity index (χ2v) is 7.62. The Morgan fingerprint density at radius 3 is 2.30 bits per heavy atom. The lowest BCUT2D eigenvalue weighted by atomic mass is 9.86. The highest BCUT2D eigenvalue weighted by molar-refractivity contribution is 6.07. The molecule has 0 saturated heterocycles. The molecule has 0 aromatic heterocycles. The molecule has 2 rings (SSSR count). The molecule has 6 heteroatoms. The monoisotopic (exact) mass is 371 g/mol. The first-order valence-electron chi connectivity index (χ1n) is 8.68. The lowest BCUT2D eigenvalue weighted by molar-refractivity contribution is 0.0696. The van der Waals surface area contributed by atoms with Crippen LogP contribution >= 0.6 is 0 Å². The first kappa shape index (κ1) is 20.3. The summed E-state index contributed by atoms with van der Waals surface area (Å²) in [6.45, 7) is 9.65. The van der Waals surface area contributed by atoms with Crippen LogP contribution in [0.25, 0.3) is 0 Å². The molecule has 0 heterocycles. The van der Waals surface area contributed by atoms with Crippen LogP contribution in [0.4, 0.5) is 5.69 Å². The Morgan fingerprint density at radius 2 is 1.74 bits per heavy atom. The third kappa shape index (κ3) is 5.00. The number of amides is 1. The maximum absolute atomic E-state index is 12.7. The van der Waals surface area contributed by atoms with E-state index in [9.17, 15) is 14.7 Å². The van der Waals surface area contributed by atoms with Crippen molar-refractivity contribution in [2.24, 2.45) is 0 Å². The molecule has 0 saturated carbocycles. The number of hydrogen-bond acceptors (Lipinski definition) is 4. The van der Waals surface area contributed by atoms with E-state index in [0.29, 0.717) is 5.69 Å². The molecule has 3 N–H and O–H groups in total. The molecule has 0 radical (unpaired) electrons. The summed E-state index contributed by atoms with van der Waals surface area (Å²) in [4.78, 5) is 23.9. The summed E-state index contributed by atoms with van der Waals surface area (Å²) in [5.74, 6) is -1.47. The number of carboxylic acids is 1. The largest absolute Gasteiger partial charge is 0.507 e. The minimum Gasteiger partial charge on any atom is -0.507 e. The van der Waals surface area contributed by atoms with E-state index in [4.69, 9.17) is 9.84 Å². The number of benzene rings is 2. The number of ether oxygens (including phenoxy) is 1. The average Bonchev–Trinajstić information content (AvgIpc) is 2.54. The summed E-state index contributed by atoms with van der Waals surface area (Å²) in [6, 6.07) is 9.15. The molecular weight excluding hydrogens is 346 g/mol. The number of phenols is 1. The van der Waals surface area contributed by atoms with Crippen LogP contribution < -0.4 is 10.1 Å². The molecule has 6 nitrogen and oxygen atoms in total. The van der Waals surface area contributed by atoms with Crippen LogP contribution in [0.3, 0.4) is 0 Å². The molecule has 0 atom stereocenters. The van der Waals surface area contributed by atoms with E-state index in [1.807, 2.05) is 20.8 Å². The number of carboxylic acid groups (broad SMARTS) is 1. The molecule has 2 aromatic carbocycles. The summed E-state index contributed by atoms with van der Waals surface area (Å²) in [5, 5.41) is 22.0. The van der Waals surface area contributed by atoms with E-state index in [0.717, 1.165) is 5.56 Å². The molecule has 2 aromatic rings. The van der Waals surface area contributed by atoms with Gasteiger partial charge >= 0.3 is 5.97 Å². The van der Waals surface area contributed by atoms with E-state index in [2.05, 4.69) is 5.32 Å². The highest BCUT2D eigenvalue weighted by Crippen LogP contribution is 2.31. The van der Waals surface area contributed by atoms with E-state index < -0.39 is 11.9 Å². The fourth-order valence-corrected chi connectivity index (χ4v) is 2.48. The van der Waals surface area contributed by atoms with Gasteiger partial charge in [0.05, 0.1) is 22.9 Å². The third-order valence-electron chi connectivity index (χ3n) is 3.95. The van der Waals surface area contributed by atoms with Crippen molar-refractivity contribution in [1.82, 2.24) is 0 Å². The van der Waals surface area contributed by atoms with Gasteiger partial charge in [-0.2, -0.15) is 0 Å². The van der Waals surface area contributed by atoms with Gasteiger partial charge in [-0.1, -0.05) is 26.8 Å². The van der Waals surface area contributed by atoms with E-state index >= 15 is 0 Å². The Bertz CT molecular complexity index is 865. The Labute approximate surface area is 158 Å². The summed E-state index contributed by atoms with van der Waals surface area (Å²) in [5.41, 5.74) is 1.25. The molecule has 144 valence electrons. The van der Waals surface area contributed by atoms with Crippen LogP contribution in [0.1, 0.15) is 60.9 Å².